The molecule has 1 aliphatic heterocycles. The molecule has 1 aliphatic carbocycles. The lowest BCUT2D eigenvalue weighted by atomic mass is 9.85. The molecule has 0 saturated carbocycles. The molecule has 1 N–H and O–H groups in total. The van der Waals surface area contributed by atoms with Gasteiger partial charge in [-0.25, -0.2) is 0 Å². The minimum Gasteiger partial charge on any atom is -0.302 e. The standard InChI is InChI=1S/C19H26N4O2/c1-5-6-9-23-18(24)16(11-20)14(4)17(19(23)25)22-21-15-8-7-12(2)13(3)10-15/h7-8,14-16,21H,5-6,9-10H2,1-4H3. The first-order valence-electron chi connectivity index (χ1n) is 8.83. The van der Waals surface area contributed by atoms with Crippen molar-refractivity contribution in [2.45, 2.75) is 53.0 Å². The molecule has 6 heteroatoms. The van der Waals surface area contributed by atoms with Gasteiger partial charge in [0.05, 0.1) is 12.1 Å². The Kier molecular flexibility index (Phi) is 6.13. The van der Waals surface area contributed by atoms with Gasteiger partial charge in [0.2, 0.25) is 5.91 Å². The number of hydrogen-bond donors (Lipinski definition) is 1. The highest BCUT2D eigenvalue weighted by Gasteiger charge is 2.44. The van der Waals surface area contributed by atoms with E-state index in [1.165, 1.54) is 16.0 Å². The zero-order valence-corrected chi connectivity index (χ0v) is 15.4. The van der Waals surface area contributed by atoms with E-state index in [4.69, 9.17) is 0 Å². The molecule has 3 unspecified atom stereocenters. The van der Waals surface area contributed by atoms with E-state index in [0.29, 0.717) is 6.54 Å². The average molecular weight is 342 g/mol. The van der Waals surface area contributed by atoms with Gasteiger partial charge >= 0.3 is 0 Å². The van der Waals surface area contributed by atoms with E-state index < -0.39 is 17.7 Å². The number of hydrogen-bond acceptors (Lipinski definition) is 5. The zero-order chi connectivity index (χ0) is 18.6. The summed E-state index contributed by atoms with van der Waals surface area (Å²) in [5.41, 5.74) is 5.82. The first-order chi connectivity index (χ1) is 11.9. The van der Waals surface area contributed by atoms with Gasteiger partial charge in [-0.1, -0.05) is 43.6 Å². The van der Waals surface area contributed by atoms with Crippen LogP contribution < -0.4 is 5.43 Å². The summed E-state index contributed by atoms with van der Waals surface area (Å²) in [4.78, 5) is 26.3. The van der Waals surface area contributed by atoms with Crippen LogP contribution in [0.15, 0.2) is 28.4 Å². The second-order valence-corrected chi connectivity index (χ2v) is 6.80. The van der Waals surface area contributed by atoms with E-state index in [-0.39, 0.29) is 17.7 Å². The molecule has 0 aromatic heterocycles. The third-order valence-corrected chi connectivity index (χ3v) is 4.93. The molecule has 134 valence electrons. The largest absolute Gasteiger partial charge is 0.302 e. The topological polar surface area (TPSA) is 85.6 Å². The normalized spacial score (nSPS) is 28.5. The number of piperidine rings is 1. The minimum absolute atomic E-state index is 0.0125. The molecule has 1 fully saturated rings. The Balaban J connectivity index is 2.19. The number of nitriles is 1. The number of rotatable bonds is 5. The van der Waals surface area contributed by atoms with Gasteiger partial charge in [0.25, 0.3) is 5.91 Å². The van der Waals surface area contributed by atoms with Crippen molar-refractivity contribution in [1.82, 2.24) is 10.3 Å². The second kappa shape index (κ2) is 8.11. The molecule has 0 aromatic carbocycles. The fraction of sp³-hybridized carbons (Fsp3) is 0.579. The summed E-state index contributed by atoms with van der Waals surface area (Å²) in [6.45, 7) is 8.18. The Morgan fingerprint density at radius 2 is 2.12 bits per heavy atom. The van der Waals surface area contributed by atoms with Gasteiger partial charge in [-0.3, -0.25) is 14.5 Å². The van der Waals surface area contributed by atoms with Crippen molar-refractivity contribution in [2.75, 3.05) is 6.54 Å². The molecule has 1 heterocycles. The van der Waals surface area contributed by atoms with Crippen LogP contribution in [0.2, 0.25) is 0 Å². The van der Waals surface area contributed by atoms with E-state index >= 15 is 0 Å². The molecule has 2 rings (SSSR count). The summed E-state index contributed by atoms with van der Waals surface area (Å²) in [6, 6.07) is 2.05. The monoisotopic (exact) mass is 342 g/mol. The number of allylic oxidation sites excluding steroid dienone is 2. The van der Waals surface area contributed by atoms with E-state index in [9.17, 15) is 14.9 Å². The summed E-state index contributed by atoms with van der Waals surface area (Å²) in [6.07, 6.45) is 6.47. The average Bonchev–Trinajstić information content (AvgIpc) is 2.58. The van der Waals surface area contributed by atoms with Gasteiger partial charge in [-0.2, -0.15) is 10.4 Å². The van der Waals surface area contributed by atoms with Crippen LogP contribution >= 0.6 is 0 Å². The summed E-state index contributed by atoms with van der Waals surface area (Å²) in [7, 11) is 0. The highest BCUT2D eigenvalue weighted by Crippen LogP contribution is 2.24. The lowest BCUT2D eigenvalue weighted by Crippen LogP contribution is -2.54. The third-order valence-electron chi connectivity index (χ3n) is 4.93. The van der Waals surface area contributed by atoms with E-state index in [0.717, 1.165) is 19.3 Å². The number of unbranched alkanes of at least 4 members (excludes halogenated alkanes) is 1. The highest BCUT2D eigenvalue weighted by atomic mass is 16.2. The number of imide groups is 1. The molecule has 0 bridgehead atoms. The maximum absolute atomic E-state index is 12.7. The predicted molar refractivity (Wildman–Crippen MR) is 96.4 cm³/mol. The molecular formula is C19H26N4O2. The van der Waals surface area contributed by atoms with E-state index in [1.54, 1.807) is 6.92 Å². The number of carbonyl (C=O) groups is 2. The van der Waals surface area contributed by atoms with Crippen LogP contribution in [0, 0.1) is 23.2 Å². The van der Waals surface area contributed by atoms with Crippen molar-refractivity contribution in [3.63, 3.8) is 0 Å². The number of nitrogens with zero attached hydrogens (tertiary/aromatic N) is 3. The fourth-order valence-corrected chi connectivity index (χ4v) is 3.02. The highest BCUT2D eigenvalue weighted by molar-refractivity contribution is 6.44. The SMILES string of the molecule is CCCCN1C(=O)C(=NNC2C=CC(C)=C(C)C2)C(C)C(C#N)C1=O. The van der Waals surface area contributed by atoms with Gasteiger partial charge in [-0.05, 0) is 26.7 Å². The lowest BCUT2D eigenvalue weighted by Gasteiger charge is -2.32. The quantitative estimate of drug-likeness (QED) is 0.614. The zero-order valence-electron chi connectivity index (χ0n) is 15.4. The smallest absolute Gasteiger partial charge is 0.277 e. The third kappa shape index (κ3) is 3.98. The molecule has 0 spiro atoms. The number of hydrazone groups is 1. The van der Waals surface area contributed by atoms with Crippen LogP contribution in [-0.2, 0) is 9.59 Å². The van der Waals surface area contributed by atoms with Crippen molar-refractivity contribution >= 4 is 17.5 Å². The molecule has 2 aliphatic rings. The molecule has 6 nitrogen and oxygen atoms in total. The van der Waals surface area contributed by atoms with Gasteiger partial charge in [-0.15, -0.1) is 0 Å². The van der Waals surface area contributed by atoms with Gasteiger partial charge in [0, 0.05) is 12.5 Å². The first kappa shape index (κ1) is 18.9. The molecule has 2 amide bonds. The van der Waals surface area contributed by atoms with Crippen molar-refractivity contribution in [3.05, 3.63) is 23.3 Å². The lowest BCUT2D eigenvalue weighted by molar-refractivity contribution is -0.145. The van der Waals surface area contributed by atoms with Crippen LogP contribution in [0.25, 0.3) is 0 Å². The Morgan fingerprint density at radius 3 is 2.72 bits per heavy atom. The fourth-order valence-electron chi connectivity index (χ4n) is 3.02. The van der Waals surface area contributed by atoms with Crippen LogP contribution in [0.4, 0.5) is 0 Å². The van der Waals surface area contributed by atoms with Crippen LogP contribution in [-0.4, -0.2) is 35.0 Å². The molecule has 3 atom stereocenters. The maximum Gasteiger partial charge on any atom is 0.277 e. The molecule has 1 saturated heterocycles. The minimum atomic E-state index is -0.860. The molecule has 25 heavy (non-hydrogen) atoms. The first-order valence-corrected chi connectivity index (χ1v) is 8.83. The van der Waals surface area contributed by atoms with Gasteiger partial charge in [0.1, 0.15) is 11.6 Å². The molecule has 0 radical (unpaired) electrons. The Labute approximate surface area is 149 Å². The van der Waals surface area contributed by atoms with Crippen LogP contribution in [0.3, 0.4) is 0 Å². The van der Waals surface area contributed by atoms with Crippen molar-refractivity contribution in [3.8, 4) is 6.07 Å². The van der Waals surface area contributed by atoms with Crippen LogP contribution in [0.1, 0.15) is 47.0 Å². The number of likely N-dealkylation sites (tertiary alicyclic amines) is 1. The molecular weight excluding hydrogens is 316 g/mol. The number of amides is 2. The van der Waals surface area contributed by atoms with Gasteiger partial charge < -0.3 is 5.43 Å². The van der Waals surface area contributed by atoms with Crippen molar-refractivity contribution < 1.29 is 9.59 Å². The summed E-state index contributed by atoms with van der Waals surface area (Å²) in [5.74, 6) is -2.16. The predicted octanol–water partition coefficient (Wildman–Crippen LogP) is 2.54. The number of carbonyl (C=O) groups excluding carboxylic acids is 2. The van der Waals surface area contributed by atoms with Gasteiger partial charge in [0.15, 0.2) is 0 Å². The number of nitrogens with one attached hydrogen (secondary N) is 1. The summed E-state index contributed by atoms with van der Waals surface area (Å²) < 4.78 is 0. The maximum atomic E-state index is 12.7. The van der Waals surface area contributed by atoms with Crippen molar-refractivity contribution in [2.24, 2.45) is 16.9 Å². The Hall–Kier alpha value is -2.42. The summed E-state index contributed by atoms with van der Waals surface area (Å²) in [5, 5.41) is 13.7. The summed E-state index contributed by atoms with van der Waals surface area (Å²) >= 11 is 0. The van der Waals surface area contributed by atoms with Crippen LogP contribution in [0.5, 0.6) is 0 Å². The Morgan fingerprint density at radius 1 is 1.40 bits per heavy atom. The van der Waals surface area contributed by atoms with Crippen molar-refractivity contribution in [1.29, 1.82) is 5.26 Å². The second-order valence-electron chi connectivity index (χ2n) is 6.80. The Bertz CT molecular complexity index is 684. The molecule has 0 aromatic rings. The van der Waals surface area contributed by atoms with E-state index in [1.807, 2.05) is 25.1 Å². The van der Waals surface area contributed by atoms with E-state index in [2.05, 4.69) is 24.4 Å².